The van der Waals surface area contributed by atoms with Crippen molar-refractivity contribution >= 4 is 5.82 Å². The molecule has 16 heavy (non-hydrogen) atoms. The molecular formula is C12H21N3O. The lowest BCUT2D eigenvalue weighted by Crippen LogP contribution is -2.06. The molecule has 0 saturated heterocycles. The summed E-state index contributed by atoms with van der Waals surface area (Å²) < 4.78 is 5.68. The minimum atomic E-state index is 0.720. The number of aromatic nitrogens is 2. The standard InChI is InChI=1S/C12H21N3O/c1-4-6-7-8-16-12-10(5-2)11(13-3)14-9-15-12/h9H,4-8H2,1-3H3,(H,13,14,15). The molecular weight excluding hydrogens is 202 g/mol. The fourth-order valence-electron chi connectivity index (χ4n) is 1.58. The molecule has 1 rings (SSSR count). The monoisotopic (exact) mass is 223 g/mol. The van der Waals surface area contributed by atoms with E-state index < -0.39 is 0 Å². The highest BCUT2D eigenvalue weighted by atomic mass is 16.5. The van der Waals surface area contributed by atoms with Crippen LogP contribution in [0.5, 0.6) is 5.88 Å². The van der Waals surface area contributed by atoms with Crippen LogP contribution in [0, 0.1) is 0 Å². The van der Waals surface area contributed by atoms with E-state index in [1.54, 1.807) is 6.33 Å². The summed E-state index contributed by atoms with van der Waals surface area (Å²) >= 11 is 0. The van der Waals surface area contributed by atoms with E-state index in [-0.39, 0.29) is 0 Å². The number of hydrogen-bond donors (Lipinski definition) is 1. The van der Waals surface area contributed by atoms with Crippen LogP contribution in [-0.2, 0) is 6.42 Å². The Morgan fingerprint density at radius 2 is 2.06 bits per heavy atom. The number of rotatable bonds is 7. The highest BCUT2D eigenvalue weighted by molar-refractivity contribution is 5.48. The number of unbranched alkanes of at least 4 members (excludes halogenated alkanes) is 2. The van der Waals surface area contributed by atoms with Gasteiger partial charge in [0.1, 0.15) is 12.1 Å². The van der Waals surface area contributed by atoms with Crippen molar-refractivity contribution in [1.29, 1.82) is 0 Å². The molecule has 0 aliphatic heterocycles. The maximum absolute atomic E-state index is 5.68. The van der Waals surface area contributed by atoms with E-state index in [2.05, 4.69) is 29.1 Å². The molecule has 0 spiro atoms. The number of anilines is 1. The van der Waals surface area contributed by atoms with Crippen molar-refractivity contribution in [3.63, 3.8) is 0 Å². The molecule has 0 fully saturated rings. The summed E-state index contributed by atoms with van der Waals surface area (Å²) in [6.45, 7) is 5.00. The Bertz CT molecular complexity index is 315. The zero-order valence-electron chi connectivity index (χ0n) is 10.4. The number of nitrogens with one attached hydrogen (secondary N) is 1. The summed E-state index contributed by atoms with van der Waals surface area (Å²) in [7, 11) is 1.86. The van der Waals surface area contributed by atoms with E-state index in [1.807, 2.05) is 7.05 Å². The molecule has 0 bridgehead atoms. The topological polar surface area (TPSA) is 47.0 Å². The Hall–Kier alpha value is -1.32. The van der Waals surface area contributed by atoms with E-state index in [1.165, 1.54) is 12.8 Å². The SMILES string of the molecule is CCCCCOc1ncnc(NC)c1CC. The van der Waals surface area contributed by atoms with Gasteiger partial charge in [-0.2, -0.15) is 0 Å². The lowest BCUT2D eigenvalue weighted by atomic mass is 10.2. The first-order valence-corrected chi connectivity index (χ1v) is 5.97. The van der Waals surface area contributed by atoms with Crippen molar-refractivity contribution in [3.05, 3.63) is 11.9 Å². The molecule has 0 atom stereocenters. The maximum atomic E-state index is 5.68. The minimum absolute atomic E-state index is 0.720. The van der Waals surface area contributed by atoms with Gasteiger partial charge in [-0.15, -0.1) is 0 Å². The number of hydrogen-bond acceptors (Lipinski definition) is 4. The average molecular weight is 223 g/mol. The molecule has 1 aromatic rings. The van der Waals surface area contributed by atoms with Crippen LogP contribution in [0.1, 0.15) is 38.7 Å². The first-order chi connectivity index (χ1) is 7.83. The zero-order valence-corrected chi connectivity index (χ0v) is 10.4. The van der Waals surface area contributed by atoms with Crippen LogP contribution in [0.4, 0.5) is 5.82 Å². The van der Waals surface area contributed by atoms with Gasteiger partial charge in [0.2, 0.25) is 5.88 Å². The third-order valence-electron chi connectivity index (χ3n) is 2.48. The van der Waals surface area contributed by atoms with Gasteiger partial charge in [-0.3, -0.25) is 0 Å². The Kier molecular flexibility index (Phi) is 5.61. The van der Waals surface area contributed by atoms with Crippen LogP contribution in [0.3, 0.4) is 0 Å². The second kappa shape index (κ2) is 7.04. The van der Waals surface area contributed by atoms with Gasteiger partial charge >= 0.3 is 0 Å². The molecule has 0 aliphatic carbocycles. The molecule has 4 heteroatoms. The van der Waals surface area contributed by atoms with Crippen LogP contribution in [0.15, 0.2) is 6.33 Å². The van der Waals surface area contributed by atoms with E-state index in [0.717, 1.165) is 36.7 Å². The Morgan fingerprint density at radius 1 is 1.25 bits per heavy atom. The fourth-order valence-corrected chi connectivity index (χ4v) is 1.58. The molecule has 0 aromatic carbocycles. The Balaban J connectivity index is 2.63. The summed E-state index contributed by atoms with van der Waals surface area (Å²) in [5, 5.41) is 3.06. The predicted molar refractivity (Wildman–Crippen MR) is 66.0 cm³/mol. The molecule has 1 aromatic heterocycles. The lowest BCUT2D eigenvalue weighted by Gasteiger charge is -2.11. The highest BCUT2D eigenvalue weighted by Crippen LogP contribution is 2.22. The maximum Gasteiger partial charge on any atom is 0.221 e. The van der Waals surface area contributed by atoms with E-state index in [9.17, 15) is 0 Å². The van der Waals surface area contributed by atoms with Crippen molar-refractivity contribution in [3.8, 4) is 5.88 Å². The summed E-state index contributed by atoms with van der Waals surface area (Å²) in [6, 6.07) is 0. The quantitative estimate of drug-likeness (QED) is 0.722. The second-order valence-electron chi connectivity index (χ2n) is 3.67. The van der Waals surface area contributed by atoms with Crippen LogP contribution < -0.4 is 10.1 Å². The molecule has 0 radical (unpaired) electrons. The van der Waals surface area contributed by atoms with Crippen LogP contribution in [-0.4, -0.2) is 23.6 Å². The number of ether oxygens (including phenoxy) is 1. The molecule has 0 aliphatic rings. The van der Waals surface area contributed by atoms with E-state index >= 15 is 0 Å². The van der Waals surface area contributed by atoms with Gasteiger partial charge in [-0.05, 0) is 12.8 Å². The van der Waals surface area contributed by atoms with Gasteiger partial charge in [0, 0.05) is 7.05 Å². The molecule has 0 saturated carbocycles. The molecule has 1 N–H and O–H groups in total. The fraction of sp³-hybridized carbons (Fsp3) is 0.667. The van der Waals surface area contributed by atoms with Crippen LogP contribution in [0.2, 0.25) is 0 Å². The molecule has 0 amide bonds. The van der Waals surface area contributed by atoms with Gasteiger partial charge in [0.15, 0.2) is 0 Å². The number of nitrogens with zero attached hydrogens (tertiary/aromatic N) is 2. The summed E-state index contributed by atoms with van der Waals surface area (Å²) in [5.74, 6) is 1.58. The summed E-state index contributed by atoms with van der Waals surface area (Å²) in [6.07, 6.45) is 5.90. The smallest absolute Gasteiger partial charge is 0.221 e. The molecule has 4 nitrogen and oxygen atoms in total. The van der Waals surface area contributed by atoms with Crippen molar-refractivity contribution in [2.75, 3.05) is 19.0 Å². The van der Waals surface area contributed by atoms with Crippen molar-refractivity contribution in [2.45, 2.75) is 39.5 Å². The lowest BCUT2D eigenvalue weighted by molar-refractivity contribution is 0.291. The average Bonchev–Trinajstić information content (AvgIpc) is 2.34. The normalized spacial score (nSPS) is 10.2. The first kappa shape index (κ1) is 12.7. The predicted octanol–water partition coefficient (Wildman–Crippen LogP) is 2.65. The minimum Gasteiger partial charge on any atom is -0.477 e. The van der Waals surface area contributed by atoms with E-state index in [4.69, 9.17) is 4.74 Å². The van der Waals surface area contributed by atoms with Crippen molar-refractivity contribution in [2.24, 2.45) is 0 Å². The Labute approximate surface area is 97.5 Å². The second-order valence-corrected chi connectivity index (χ2v) is 3.67. The molecule has 90 valence electrons. The van der Waals surface area contributed by atoms with Gasteiger partial charge in [-0.1, -0.05) is 26.7 Å². The zero-order chi connectivity index (χ0) is 11.8. The summed E-state index contributed by atoms with van der Waals surface area (Å²) in [4.78, 5) is 8.35. The van der Waals surface area contributed by atoms with Gasteiger partial charge in [0.25, 0.3) is 0 Å². The van der Waals surface area contributed by atoms with Gasteiger partial charge < -0.3 is 10.1 Å². The first-order valence-electron chi connectivity index (χ1n) is 5.97. The third-order valence-corrected chi connectivity index (χ3v) is 2.48. The van der Waals surface area contributed by atoms with Crippen LogP contribution in [0.25, 0.3) is 0 Å². The Morgan fingerprint density at radius 3 is 2.69 bits per heavy atom. The van der Waals surface area contributed by atoms with Crippen molar-refractivity contribution < 1.29 is 4.74 Å². The van der Waals surface area contributed by atoms with Gasteiger partial charge in [0.05, 0.1) is 12.2 Å². The largest absolute Gasteiger partial charge is 0.477 e. The van der Waals surface area contributed by atoms with E-state index in [0.29, 0.717) is 0 Å². The third kappa shape index (κ3) is 3.36. The highest BCUT2D eigenvalue weighted by Gasteiger charge is 2.09. The summed E-state index contributed by atoms with van der Waals surface area (Å²) in [5.41, 5.74) is 1.06. The molecule has 1 heterocycles. The van der Waals surface area contributed by atoms with Crippen molar-refractivity contribution in [1.82, 2.24) is 9.97 Å². The van der Waals surface area contributed by atoms with Gasteiger partial charge in [-0.25, -0.2) is 9.97 Å². The van der Waals surface area contributed by atoms with Crippen LogP contribution >= 0.6 is 0 Å². The molecule has 0 unspecified atom stereocenters.